The fourth-order valence-corrected chi connectivity index (χ4v) is 1.54. The maximum atomic E-state index is 4.20. The molecule has 0 heterocycles. The first-order chi connectivity index (χ1) is 8.65. The third kappa shape index (κ3) is 3.17. The summed E-state index contributed by atoms with van der Waals surface area (Å²) in [6.45, 7) is 4.12. The van der Waals surface area contributed by atoms with Crippen molar-refractivity contribution >= 4 is 11.4 Å². The van der Waals surface area contributed by atoms with Crippen LogP contribution in [0.1, 0.15) is 11.1 Å². The van der Waals surface area contributed by atoms with E-state index in [4.69, 9.17) is 0 Å². The Morgan fingerprint density at radius 2 is 1.28 bits per heavy atom. The van der Waals surface area contributed by atoms with Crippen molar-refractivity contribution in [1.29, 1.82) is 0 Å². The summed E-state index contributed by atoms with van der Waals surface area (Å²) in [5.74, 6) is 0. The van der Waals surface area contributed by atoms with Crippen LogP contribution in [0.25, 0.3) is 0 Å². The van der Waals surface area contributed by atoms with E-state index in [-0.39, 0.29) is 0 Å². The molecule has 0 radical (unpaired) electrons. The molecule has 0 fully saturated rings. The summed E-state index contributed by atoms with van der Waals surface area (Å²) in [5, 5.41) is 10.1. The number of anilines is 1. The minimum atomic E-state index is 0.861. The average molecular weight is 239 g/mol. The van der Waals surface area contributed by atoms with Gasteiger partial charge in [0.2, 0.25) is 0 Å². The van der Waals surface area contributed by atoms with Gasteiger partial charge in [0.05, 0.1) is 11.4 Å². The second-order valence-corrected chi connectivity index (χ2v) is 4.38. The Labute approximate surface area is 108 Å². The van der Waals surface area contributed by atoms with E-state index in [9.17, 15) is 0 Å². The number of nitrogens with zero attached hydrogens (tertiary/aromatic N) is 3. The maximum absolute atomic E-state index is 4.20. The molecule has 0 bridgehead atoms. The molecule has 18 heavy (non-hydrogen) atoms. The average Bonchev–Trinajstić information content (AvgIpc) is 2.38. The van der Waals surface area contributed by atoms with Crippen LogP contribution in [0.15, 0.2) is 58.9 Å². The standard InChI is InChI=1S/C15H17N3/c1-12-4-8-14(9-5-12)16-17-18(3)15-10-6-13(2)7-11-15/h4-11H,1-3H3/b17-16-. The van der Waals surface area contributed by atoms with E-state index in [0.29, 0.717) is 0 Å². The Bertz CT molecular complexity index is 527. The molecule has 0 aliphatic rings. The maximum Gasteiger partial charge on any atom is 0.0874 e. The highest BCUT2D eigenvalue weighted by Gasteiger charge is 1.97. The van der Waals surface area contributed by atoms with Crippen LogP contribution in [-0.2, 0) is 0 Å². The number of aryl methyl sites for hydroxylation is 2. The molecule has 3 heteroatoms. The van der Waals surface area contributed by atoms with E-state index >= 15 is 0 Å². The zero-order chi connectivity index (χ0) is 13.0. The molecule has 0 N–H and O–H groups in total. The molecule has 0 saturated carbocycles. The van der Waals surface area contributed by atoms with Crippen molar-refractivity contribution in [3.8, 4) is 0 Å². The van der Waals surface area contributed by atoms with Gasteiger partial charge in [0.15, 0.2) is 0 Å². The van der Waals surface area contributed by atoms with E-state index in [1.165, 1.54) is 11.1 Å². The monoisotopic (exact) mass is 239 g/mol. The summed E-state index contributed by atoms with van der Waals surface area (Å²) in [7, 11) is 1.89. The van der Waals surface area contributed by atoms with Gasteiger partial charge >= 0.3 is 0 Å². The fourth-order valence-electron chi connectivity index (χ4n) is 1.54. The van der Waals surface area contributed by atoms with Crippen molar-refractivity contribution in [2.45, 2.75) is 13.8 Å². The predicted octanol–water partition coefficient (Wildman–Crippen LogP) is 4.44. The zero-order valence-corrected chi connectivity index (χ0v) is 11.0. The van der Waals surface area contributed by atoms with Gasteiger partial charge in [0.25, 0.3) is 0 Å². The van der Waals surface area contributed by atoms with Crippen LogP contribution in [-0.4, -0.2) is 7.05 Å². The van der Waals surface area contributed by atoms with Crippen molar-refractivity contribution in [2.75, 3.05) is 12.1 Å². The molecule has 0 aliphatic heterocycles. The lowest BCUT2D eigenvalue weighted by Crippen LogP contribution is -2.06. The largest absolute Gasteiger partial charge is 0.250 e. The van der Waals surface area contributed by atoms with Gasteiger partial charge in [-0.15, -0.1) is 5.11 Å². The molecular weight excluding hydrogens is 222 g/mol. The van der Waals surface area contributed by atoms with Crippen LogP contribution in [0.5, 0.6) is 0 Å². The van der Waals surface area contributed by atoms with Crippen LogP contribution in [0.4, 0.5) is 11.4 Å². The number of rotatable bonds is 3. The lowest BCUT2D eigenvalue weighted by molar-refractivity contribution is 0.923. The highest BCUT2D eigenvalue weighted by molar-refractivity contribution is 5.46. The highest BCUT2D eigenvalue weighted by atomic mass is 15.5. The normalized spacial score (nSPS) is 10.8. The van der Waals surface area contributed by atoms with Crippen LogP contribution in [0, 0.1) is 13.8 Å². The summed E-state index contributed by atoms with van der Waals surface area (Å²) in [5.41, 5.74) is 4.35. The lowest BCUT2D eigenvalue weighted by Gasteiger charge is -2.11. The van der Waals surface area contributed by atoms with Crippen molar-refractivity contribution < 1.29 is 0 Å². The van der Waals surface area contributed by atoms with Gasteiger partial charge in [-0.25, -0.2) is 5.01 Å². The molecule has 0 saturated heterocycles. The van der Waals surface area contributed by atoms with E-state index in [1.54, 1.807) is 5.01 Å². The first-order valence-electron chi connectivity index (χ1n) is 5.94. The number of hydrogen-bond donors (Lipinski definition) is 0. The molecule has 0 unspecified atom stereocenters. The highest BCUT2D eigenvalue weighted by Crippen LogP contribution is 2.17. The van der Waals surface area contributed by atoms with Crippen molar-refractivity contribution in [1.82, 2.24) is 0 Å². The Balaban J connectivity index is 2.08. The van der Waals surface area contributed by atoms with Crippen LogP contribution in [0.2, 0.25) is 0 Å². The van der Waals surface area contributed by atoms with Crippen LogP contribution < -0.4 is 5.01 Å². The van der Waals surface area contributed by atoms with Crippen LogP contribution >= 0.6 is 0 Å². The first-order valence-corrected chi connectivity index (χ1v) is 5.94. The molecule has 2 aromatic rings. The summed E-state index contributed by atoms with van der Waals surface area (Å²) in [6, 6.07) is 16.2. The van der Waals surface area contributed by atoms with Crippen molar-refractivity contribution in [3.63, 3.8) is 0 Å². The molecular formula is C15H17N3. The SMILES string of the molecule is Cc1ccc(/N=N\N(C)c2ccc(C)cc2)cc1. The number of hydrogen-bond acceptors (Lipinski definition) is 2. The topological polar surface area (TPSA) is 28.0 Å². The van der Waals surface area contributed by atoms with Gasteiger partial charge < -0.3 is 0 Å². The quantitative estimate of drug-likeness (QED) is 0.575. The molecule has 0 atom stereocenters. The minimum Gasteiger partial charge on any atom is -0.250 e. The van der Waals surface area contributed by atoms with E-state index in [2.05, 4.69) is 36.3 Å². The Morgan fingerprint density at radius 1 is 0.778 bits per heavy atom. The predicted molar refractivity (Wildman–Crippen MR) is 75.3 cm³/mol. The Hall–Kier alpha value is -2.16. The summed E-state index contributed by atoms with van der Waals surface area (Å²) < 4.78 is 0. The van der Waals surface area contributed by atoms with Crippen molar-refractivity contribution in [3.05, 3.63) is 59.7 Å². The van der Waals surface area contributed by atoms with Gasteiger partial charge in [-0.1, -0.05) is 40.6 Å². The van der Waals surface area contributed by atoms with Crippen molar-refractivity contribution in [2.24, 2.45) is 10.3 Å². The fraction of sp³-hybridized carbons (Fsp3) is 0.200. The number of benzene rings is 2. The van der Waals surface area contributed by atoms with Gasteiger partial charge in [-0.2, -0.15) is 0 Å². The zero-order valence-electron chi connectivity index (χ0n) is 11.0. The summed E-state index contributed by atoms with van der Waals surface area (Å²) in [6.07, 6.45) is 0. The molecule has 92 valence electrons. The van der Waals surface area contributed by atoms with Gasteiger partial charge in [-0.05, 0) is 38.1 Å². The molecule has 0 amide bonds. The van der Waals surface area contributed by atoms with Crippen LogP contribution in [0.3, 0.4) is 0 Å². The third-order valence-electron chi connectivity index (χ3n) is 2.74. The molecule has 0 aliphatic carbocycles. The smallest absolute Gasteiger partial charge is 0.0874 e. The molecule has 0 spiro atoms. The molecule has 2 aromatic carbocycles. The van der Waals surface area contributed by atoms with Gasteiger partial charge in [0, 0.05) is 7.05 Å². The second kappa shape index (κ2) is 5.45. The molecule has 3 nitrogen and oxygen atoms in total. The first kappa shape index (κ1) is 12.3. The lowest BCUT2D eigenvalue weighted by atomic mass is 10.2. The summed E-state index contributed by atoms with van der Waals surface area (Å²) >= 11 is 0. The summed E-state index contributed by atoms with van der Waals surface area (Å²) in [4.78, 5) is 0. The Kier molecular flexibility index (Phi) is 3.72. The minimum absolute atomic E-state index is 0.861. The molecule has 0 aromatic heterocycles. The van der Waals surface area contributed by atoms with E-state index in [1.807, 2.05) is 43.4 Å². The molecule has 2 rings (SSSR count). The second-order valence-electron chi connectivity index (χ2n) is 4.38. The van der Waals surface area contributed by atoms with Gasteiger partial charge in [-0.3, -0.25) is 0 Å². The Morgan fingerprint density at radius 3 is 1.83 bits per heavy atom. The third-order valence-corrected chi connectivity index (χ3v) is 2.74. The van der Waals surface area contributed by atoms with Gasteiger partial charge in [0.1, 0.15) is 0 Å². The van der Waals surface area contributed by atoms with E-state index < -0.39 is 0 Å². The van der Waals surface area contributed by atoms with E-state index in [0.717, 1.165) is 11.4 Å².